The van der Waals surface area contributed by atoms with Crippen molar-refractivity contribution in [3.05, 3.63) is 68.3 Å². The fourth-order valence-electron chi connectivity index (χ4n) is 1.68. The molecule has 0 saturated heterocycles. The van der Waals surface area contributed by atoms with E-state index in [4.69, 9.17) is 0 Å². The zero-order valence-corrected chi connectivity index (χ0v) is 16.4. The minimum absolute atomic E-state index is 0. The molecule has 0 unspecified atom stereocenters. The third-order valence-electron chi connectivity index (χ3n) is 2.84. The number of non-ortho nitro benzene ring substituents is 1. The van der Waals surface area contributed by atoms with Crippen LogP contribution in [-0.2, 0) is 20.0 Å². The van der Waals surface area contributed by atoms with Crippen LogP contribution < -0.4 is 29.6 Å². The molecule has 0 fully saturated rings. The van der Waals surface area contributed by atoms with Crippen LogP contribution in [0.3, 0.4) is 0 Å². The summed E-state index contributed by atoms with van der Waals surface area (Å²) < 4.78 is 51.3. The Bertz CT molecular complexity index is 956. The summed E-state index contributed by atoms with van der Waals surface area (Å²) in [5.41, 5.74) is 0.319. The minimum Gasteiger partial charge on any atom is -0.428 e. The molecule has 122 valence electrons. The molecule has 24 heavy (non-hydrogen) atoms. The Morgan fingerprint density at radius 1 is 0.917 bits per heavy atom. The second-order valence-electron chi connectivity index (χ2n) is 4.59. The summed E-state index contributed by atoms with van der Waals surface area (Å²) in [4.78, 5) is 9.05. The van der Waals surface area contributed by atoms with Crippen molar-refractivity contribution >= 4 is 25.7 Å². The molecule has 2 rings (SSSR count). The molecule has 0 bridgehead atoms. The van der Waals surface area contributed by atoms with Crippen molar-refractivity contribution in [2.45, 2.75) is 16.7 Å². The van der Waals surface area contributed by atoms with Gasteiger partial charge in [0.15, 0.2) is 0 Å². The van der Waals surface area contributed by atoms with Crippen molar-refractivity contribution in [3.8, 4) is 0 Å². The van der Waals surface area contributed by atoms with Crippen molar-refractivity contribution in [1.29, 1.82) is 0 Å². The van der Waals surface area contributed by atoms with E-state index >= 15 is 0 Å². The van der Waals surface area contributed by atoms with E-state index in [0.717, 1.165) is 29.8 Å². The number of hydrogen-bond acceptors (Lipinski definition) is 6. The average Bonchev–Trinajstić information content (AvgIpc) is 2.46. The molecule has 2 aromatic rings. The van der Waals surface area contributed by atoms with Crippen LogP contribution in [0.2, 0.25) is 0 Å². The first-order chi connectivity index (χ1) is 10.6. The van der Waals surface area contributed by atoms with Gasteiger partial charge in [-0.15, -0.1) is 0 Å². The van der Waals surface area contributed by atoms with Gasteiger partial charge >= 0.3 is 29.6 Å². The summed E-state index contributed by atoms with van der Waals surface area (Å²) in [7, 11) is -9.05. The van der Waals surface area contributed by atoms with Crippen LogP contribution in [0.1, 0.15) is 5.56 Å². The molecule has 2 aromatic carbocycles. The third kappa shape index (κ3) is 4.85. The van der Waals surface area contributed by atoms with Crippen LogP contribution in [0.15, 0.2) is 58.3 Å². The van der Waals surface area contributed by atoms with Gasteiger partial charge in [-0.05, 0) is 25.1 Å². The van der Waals surface area contributed by atoms with Crippen LogP contribution in [0.5, 0.6) is 0 Å². The molecule has 0 amide bonds. The van der Waals surface area contributed by atoms with Gasteiger partial charge in [0.2, 0.25) is 0 Å². The number of nitro benzene ring substituents is 1. The molecule has 0 aliphatic carbocycles. The van der Waals surface area contributed by atoms with Gasteiger partial charge in [0, 0.05) is 17.0 Å². The maximum atomic E-state index is 12.1. The Labute approximate surface area is 161 Å². The zero-order valence-electron chi connectivity index (χ0n) is 12.8. The molecule has 8 nitrogen and oxygen atoms in total. The Kier molecular flexibility index (Phi) is 6.67. The predicted octanol–water partition coefficient (Wildman–Crippen LogP) is -0.641. The fourth-order valence-corrected chi connectivity index (χ4v) is 4.41. The Balaban J connectivity index is 0.00000288. The minimum atomic E-state index is -4.60. The van der Waals surface area contributed by atoms with Gasteiger partial charge in [0.25, 0.3) is 5.69 Å². The van der Waals surface area contributed by atoms with Crippen LogP contribution in [-0.4, -0.2) is 21.8 Å². The molecule has 0 saturated carbocycles. The average molecular weight is 378 g/mol. The Morgan fingerprint density at radius 3 is 2.00 bits per heavy atom. The van der Waals surface area contributed by atoms with Crippen LogP contribution in [0.25, 0.3) is 4.13 Å². The maximum absolute atomic E-state index is 12.1. The number of benzene rings is 2. The third-order valence-corrected chi connectivity index (χ3v) is 6.13. The Morgan fingerprint density at radius 2 is 1.46 bits per heavy atom. The zero-order chi connectivity index (χ0) is 17.3. The summed E-state index contributed by atoms with van der Waals surface area (Å²) >= 11 is 0. The van der Waals surface area contributed by atoms with Gasteiger partial charge < -0.3 is 4.13 Å². The number of hydrogen-bond donors (Lipinski definition) is 0. The van der Waals surface area contributed by atoms with E-state index in [0.29, 0.717) is 0 Å². The summed E-state index contributed by atoms with van der Waals surface area (Å²) in [6.07, 6.45) is 0. The van der Waals surface area contributed by atoms with Gasteiger partial charge in [0.1, 0.15) is 20.0 Å². The summed E-state index contributed by atoms with van der Waals surface area (Å²) in [6, 6.07) is 9.49. The van der Waals surface area contributed by atoms with E-state index in [1.165, 1.54) is 24.3 Å². The normalized spacial score (nSPS) is 11.5. The van der Waals surface area contributed by atoms with E-state index in [1.54, 1.807) is 6.92 Å². The standard InChI is InChI=1S/C13H11N2O6S2.Na/c1-10-5-7-12(8-6-10)22(18,19)14-23(20,21)13-4-2-3-11(9-13)15(16)17;/h2-9H,1H3;/q-1;+1. The second kappa shape index (κ2) is 7.72. The van der Waals surface area contributed by atoms with E-state index in [2.05, 4.69) is 4.13 Å². The number of nitro groups is 1. The van der Waals surface area contributed by atoms with E-state index in [1.807, 2.05) is 0 Å². The van der Waals surface area contributed by atoms with Crippen molar-refractivity contribution < 1.29 is 51.3 Å². The van der Waals surface area contributed by atoms with Gasteiger partial charge in [0.05, 0.1) is 9.82 Å². The first kappa shape index (κ1) is 20.7. The van der Waals surface area contributed by atoms with Crippen molar-refractivity contribution in [2.24, 2.45) is 0 Å². The van der Waals surface area contributed by atoms with Crippen LogP contribution in [0.4, 0.5) is 5.69 Å². The van der Waals surface area contributed by atoms with Gasteiger partial charge in [-0.1, -0.05) is 23.8 Å². The first-order valence-corrected chi connectivity index (χ1v) is 9.05. The fraction of sp³-hybridized carbons (Fsp3) is 0.0769. The smallest absolute Gasteiger partial charge is 0.428 e. The maximum Gasteiger partial charge on any atom is 1.00 e. The monoisotopic (exact) mass is 378 g/mol. The first-order valence-electron chi connectivity index (χ1n) is 6.17. The molecular formula is C13H11N2NaO6S2. The molecule has 0 aromatic heterocycles. The largest absolute Gasteiger partial charge is 1.00 e. The van der Waals surface area contributed by atoms with Crippen molar-refractivity contribution in [2.75, 3.05) is 0 Å². The second-order valence-corrected chi connectivity index (χ2v) is 8.03. The molecular weight excluding hydrogens is 367 g/mol. The van der Waals surface area contributed by atoms with Crippen molar-refractivity contribution in [3.63, 3.8) is 0 Å². The SMILES string of the molecule is Cc1ccc(S(=O)(=O)[N-]S(=O)(=O)c2cccc([N+](=O)[O-])c2)cc1.[Na+]. The van der Waals surface area contributed by atoms with Crippen LogP contribution in [0, 0.1) is 17.0 Å². The van der Waals surface area contributed by atoms with E-state index in [-0.39, 0.29) is 34.5 Å². The molecule has 0 spiro atoms. The molecule has 0 N–H and O–H groups in total. The molecule has 0 atom stereocenters. The quantitative estimate of drug-likeness (QED) is 0.387. The van der Waals surface area contributed by atoms with E-state index in [9.17, 15) is 26.9 Å². The molecule has 0 radical (unpaired) electrons. The number of rotatable bonds is 5. The molecule has 11 heteroatoms. The summed E-state index contributed by atoms with van der Waals surface area (Å²) in [6.45, 7) is 1.74. The van der Waals surface area contributed by atoms with Gasteiger partial charge in [-0.2, -0.15) is 0 Å². The van der Waals surface area contributed by atoms with Crippen molar-refractivity contribution in [1.82, 2.24) is 0 Å². The molecule has 0 aliphatic heterocycles. The van der Waals surface area contributed by atoms with Gasteiger partial charge in [-0.3, -0.25) is 10.1 Å². The number of nitrogens with zero attached hydrogens (tertiary/aromatic N) is 2. The summed E-state index contributed by atoms with van der Waals surface area (Å²) in [5, 5.41) is 10.7. The molecule has 0 aliphatic rings. The molecule has 0 heterocycles. The van der Waals surface area contributed by atoms with Crippen LogP contribution >= 0.6 is 0 Å². The Hall–Kier alpha value is -1.30. The van der Waals surface area contributed by atoms with E-state index < -0.39 is 35.6 Å². The number of aryl methyl sites for hydroxylation is 1. The topological polar surface area (TPSA) is 126 Å². The predicted molar refractivity (Wildman–Crippen MR) is 82.0 cm³/mol. The number of sulfonamides is 2. The van der Waals surface area contributed by atoms with Gasteiger partial charge in [-0.25, -0.2) is 16.8 Å². The summed E-state index contributed by atoms with van der Waals surface area (Å²) in [5.74, 6) is 0.